The number of amides is 4. The summed E-state index contributed by atoms with van der Waals surface area (Å²) in [6, 6.07) is -1.11. The maximum absolute atomic E-state index is 13.5. The topological polar surface area (TPSA) is 108 Å². The number of carbonyl (C=O) groups excluding carboxylic acids is 4. The van der Waals surface area contributed by atoms with E-state index in [0.717, 1.165) is 19.3 Å². The number of ether oxygens (including phenoxy) is 1. The zero-order valence-electron chi connectivity index (χ0n) is 17.7. The van der Waals surface area contributed by atoms with Crippen LogP contribution in [0.1, 0.15) is 26.2 Å². The number of piperazine rings is 1. The van der Waals surface area contributed by atoms with E-state index in [2.05, 4.69) is 22.8 Å². The number of nitrogens with zero attached hydrogens (tertiary/aromatic N) is 2. The molecule has 0 aromatic carbocycles. The third kappa shape index (κ3) is 3.33. The molecule has 1 saturated carbocycles. The van der Waals surface area contributed by atoms with Crippen molar-refractivity contribution in [3.05, 3.63) is 12.2 Å². The van der Waals surface area contributed by atoms with Crippen LogP contribution in [0.4, 0.5) is 4.79 Å². The molecule has 5 rings (SSSR count). The summed E-state index contributed by atoms with van der Waals surface area (Å²) >= 11 is 0. The summed E-state index contributed by atoms with van der Waals surface area (Å²) in [6.07, 6.45) is 6.72. The van der Waals surface area contributed by atoms with Crippen molar-refractivity contribution in [3.63, 3.8) is 0 Å². The second kappa shape index (κ2) is 7.92. The molecule has 4 amide bonds. The minimum absolute atomic E-state index is 0.0144. The molecule has 2 heterocycles. The van der Waals surface area contributed by atoms with Crippen molar-refractivity contribution in [1.82, 2.24) is 20.4 Å². The molecule has 9 nitrogen and oxygen atoms in total. The van der Waals surface area contributed by atoms with E-state index in [9.17, 15) is 19.2 Å². The van der Waals surface area contributed by atoms with Gasteiger partial charge in [-0.1, -0.05) is 12.2 Å². The van der Waals surface area contributed by atoms with Crippen molar-refractivity contribution in [2.24, 2.45) is 23.7 Å². The zero-order valence-corrected chi connectivity index (χ0v) is 17.7. The zero-order chi connectivity index (χ0) is 21.6. The molecule has 3 fully saturated rings. The molecule has 2 aliphatic heterocycles. The molecule has 2 saturated heterocycles. The van der Waals surface area contributed by atoms with Crippen LogP contribution in [0.15, 0.2) is 12.2 Å². The van der Waals surface area contributed by atoms with E-state index in [0.29, 0.717) is 13.1 Å². The molecule has 0 radical (unpaired) electrons. The van der Waals surface area contributed by atoms with E-state index < -0.39 is 18.0 Å². The first kappa shape index (κ1) is 20.7. The Hall–Kier alpha value is -2.58. The number of hydrogen-bond acceptors (Lipinski definition) is 5. The number of hydrogen-bond donors (Lipinski definition) is 2. The average Bonchev–Trinajstić information content (AvgIpc) is 3.38. The van der Waals surface area contributed by atoms with Gasteiger partial charge in [0.15, 0.2) is 0 Å². The first-order valence-corrected chi connectivity index (χ1v) is 10.7. The first-order chi connectivity index (χ1) is 14.3. The van der Waals surface area contributed by atoms with Crippen molar-refractivity contribution >= 4 is 23.8 Å². The Balaban J connectivity index is 1.44. The lowest BCUT2D eigenvalue weighted by molar-refractivity contribution is -0.160. The molecule has 7 atom stereocenters. The Bertz CT molecular complexity index is 783. The molecule has 0 aromatic rings. The van der Waals surface area contributed by atoms with Gasteiger partial charge >= 0.3 is 12.0 Å². The Kier molecular flexibility index (Phi) is 5.46. The predicted molar refractivity (Wildman–Crippen MR) is 107 cm³/mol. The van der Waals surface area contributed by atoms with Gasteiger partial charge in [-0.05, 0) is 38.0 Å². The van der Waals surface area contributed by atoms with E-state index in [4.69, 9.17) is 4.74 Å². The molecule has 30 heavy (non-hydrogen) atoms. The van der Waals surface area contributed by atoms with Crippen LogP contribution < -0.4 is 10.6 Å². The Morgan fingerprint density at radius 2 is 1.60 bits per heavy atom. The van der Waals surface area contributed by atoms with Crippen LogP contribution in [0.5, 0.6) is 0 Å². The number of allylic oxidation sites excluding steroid dienone is 2. The van der Waals surface area contributed by atoms with Crippen molar-refractivity contribution < 1.29 is 23.9 Å². The molecule has 0 spiro atoms. The Morgan fingerprint density at radius 3 is 2.13 bits per heavy atom. The highest BCUT2D eigenvalue weighted by atomic mass is 16.5. The fourth-order valence-electron chi connectivity index (χ4n) is 5.77. The van der Waals surface area contributed by atoms with Gasteiger partial charge in [0.1, 0.15) is 6.04 Å². The SMILES string of the molecule is CNC(=O)N[C@H](C)C(=O)N1C[C@@H]2C[C@H]1CN2C(=O)[C@H]1C2C=CC(CC2)[C@H]1C(=O)OC. The molecule has 0 aromatic heterocycles. The predicted octanol–water partition coefficient (Wildman–Crippen LogP) is 0.117. The lowest BCUT2D eigenvalue weighted by Gasteiger charge is -2.45. The maximum atomic E-state index is 13.5. The minimum Gasteiger partial charge on any atom is -0.469 e. The fourth-order valence-corrected chi connectivity index (χ4v) is 5.77. The van der Waals surface area contributed by atoms with Gasteiger partial charge in [-0.25, -0.2) is 4.79 Å². The van der Waals surface area contributed by atoms with E-state index in [-0.39, 0.29) is 47.6 Å². The third-order valence-corrected chi connectivity index (χ3v) is 7.26. The second-order valence-electron chi connectivity index (χ2n) is 8.83. The smallest absolute Gasteiger partial charge is 0.315 e. The molecular weight excluding hydrogens is 388 g/mol. The fraction of sp³-hybridized carbons (Fsp3) is 0.714. The molecule has 164 valence electrons. The highest BCUT2D eigenvalue weighted by Crippen LogP contribution is 2.47. The van der Waals surface area contributed by atoms with Crippen LogP contribution >= 0.6 is 0 Å². The molecular formula is C21H30N4O5. The molecule has 4 bridgehead atoms. The second-order valence-corrected chi connectivity index (χ2v) is 8.83. The van der Waals surface area contributed by atoms with E-state index in [1.54, 1.807) is 11.8 Å². The van der Waals surface area contributed by atoms with Crippen LogP contribution in [-0.2, 0) is 19.1 Å². The van der Waals surface area contributed by atoms with E-state index in [1.807, 2.05) is 4.90 Å². The number of carbonyl (C=O) groups is 4. The summed E-state index contributed by atoms with van der Waals surface area (Å²) in [7, 11) is 2.88. The van der Waals surface area contributed by atoms with E-state index >= 15 is 0 Å². The van der Waals surface area contributed by atoms with E-state index in [1.165, 1.54) is 14.2 Å². The standard InChI is InChI=1S/C21H30N4O5/c1-11(23-21(29)22-2)18(26)24-9-15-8-14(24)10-25(15)19(27)16-12-4-6-13(7-5-12)17(16)20(28)30-3/h4,6,11-17H,5,7-10H2,1-3H3,(H2,22,23,29)/t11-,12?,13?,14+,15+,16+,17-/m1/s1. The monoisotopic (exact) mass is 418 g/mol. The van der Waals surface area contributed by atoms with Crippen molar-refractivity contribution in [2.75, 3.05) is 27.2 Å². The van der Waals surface area contributed by atoms with Gasteiger partial charge in [0, 0.05) is 20.1 Å². The quantitative estimate of drug-likeness (QED) is 0.498. The largest absolute Gasteiger partial charge is 0.469 e. The van der Waals surface area contributed by atoms with Crippen LogP contribution in [0, 0.1) is 23.7 Å². The number of esters is 1. The Morgan fingerprint density at radius 1 is 1.00 bits per heavy atom. The van der Waals surface area contributed by atoms with Crippen LogP contribution in [-0.4, -0.2) is 79.0 Å². The van der Waals surface area contributed by atoms with Crippen molar-refractivity contribution in [2.45, 2.75) is 44.3 Å². The minimum atomic E-state index is -0.628. The molecule has 9 heteroatoms. The molecule has 2 N–H and O–H groups in total. The normalized spacial score (nSPS) is 34.6. The highest BCUT2D eigenvalue weighted by molar-refractivity contribution is 5.89. The summed E-state index contributed by atoms with van der Waals surface area (Å²) in [6.45, 7) is 2.61. The summed E-state index contributed by atoms with van der Waals surface area (Å²) in [4.78, 5) is 53.9. The van der Waals surface area contributed by atoms with Crippen LogP contribution in [0.3, 0.4) is 0 Å². The van der Waals surface area contributed by atoms with Gasteiger partial charge in [0.05, 0.1) is 31.0 Å². The summed E-state index contributed by atoms with van der Waals surface area (Å²) in [5, 5.41) is 5.06. The average molecular weight is 418 g/mol. The lowest BCUT2D eigenvalue weighted by atomic mass is 9.61. The summed E-state index contributed by atoms with van der Waals surface area (Å²) < 4.78 is 5.03. The molecule has 2 unspecified atom stereocenters. The number of fused-ring (bicyclic) bond motifs is 4. The number of methoxy groups -OCH3 is 1. The number of likely N-dealkylation sites (tertiary alicyclic amines) is 2. The van der Waals surface area contributed by atoms with Crippen molar-refractivity contribution in [3.8, 4) is 0 Å². The van der Waals surface area contributed by atoms with Crippen LogP contribution in [0.25, 0.3) is 0 Å². The van der Waals surface area contributed by atoms with Gasteiger partial charge in [0.25, 0.3) is 0 Å². The van der Waals surface area contributed by atoms with Crippen molar-refractivity contribution in [1.29, 1.82) is 0 Å². The lowest BCUT2D eigenvalue weighted by Crippen LogP contribution is -2.58. The number of rotatable bonds is 4. The van der Waals surface area contributed by atoms with Gasteiger partial charge in [-0.2, -0.15) is 0 Å². The number of nitrogens with one attached hydrogen (secondary N) is 2. The molecule has 3 aliphatic carbocycles. The van der Waals surface area contributed by atoms with Gasteiger partial charge in [-0.3, -0.25) is 14.4 Å². The van der Waals surface area contributed by atoms with Gasteiger partial charge in [-0.15, -0.1) is 0 Å². The number of urea groups is 1. The highest BCUT2D eigenvalue weighted by Gasteiger charge is 2.54. The summed E-state index contributed by atoms with van der Waals surface area (Å²) in [5.74, 6) is -1.09. The third-order valence-electron chi connectivity index (χ3n) is 7.26. The first-order valence-electron chi connectivity index (χ1n) is 10.7. The summed E-state index contributed by atoms with van der Waals surface area (Å²) in [5.41, 5.74) is 0. The Labute approximate surface area is 176 Å². The van der Waals surface area contributed by atoms with Gasteiger partial charge in [0.2, 0.25) is 11.8 Å². The van der Waals surface area contributed by atoms with Gasteiger partial charge < -0.3 is 25.2 Å². The maximum Gasteiger partial charge on any atom is 0.315 e. The van der Waals surface area contributed by atoms with Crippen LogP contribution in [0.2, 0.25) is 0 Å². The molecule has 5 aliphatic rings.